The van der Waals surface area contributed by atoms with Crippen molar-refractivity contribution < 1.29 is 19.1 Å². The number of rotatable bonds is 8. The van der Waals surface area contributed by atoms with Crippen molar-refractivity contribution in [3.8, 4) is 0 Å². The normalized spacial score (nSPS) is 10.9. The summed E-state index contributed by atoms with van der Waals surface area (Å²) in [6.45, 7) is 8.44. The van der Waals surface area contributed by atoms with Crippen molar-refractivity contribution in [3.05, 3.63) is 65.2 Å². The first-order valence-corrected chi connectivity index (χ1v) is 10.1. The molecule has 2 rings (SSSR count). The van der Waals surface area contributed by atoms with Gasteiger partial charge in [-0.15, -0.1) is 0 Å². The van der Waals surface area contributed by atoms with Crippen LogP contribution in [0, 0.1) is 0 Å². The maximum Gasteiger partial charge on any atom is 0.306 e. The quantitative estimate of drug-likeness (QED) is 0.648. The van der Waals surface area contributed by atoms with E-state index in [4.69, 9.17) is 4.74 Å². The van der Waals surface area contributed by atoms with E-state index in [1.807, 2.05) is 19.1 Å². The fraction of sp³-hybridized carbons (Fsp3) is 0.375. The molecule has 0 radical (unpaired) electrons. The molecule has 0 bridgehead atoms. The first-order chi connectivity index (χ1) is 14.2. The van der Waals surface area contributed by atoms with Crippen LogP contribution in [0.4, 0.5) is 5.69 Å². The van der Waals surface area contributed by atoms with E-state index in [9.17, 15) is 14.4 Å². The van der Waals surface area contributed by atoms with E-state index < -0.39 is 11.9 Å². The van der Waals surface area contributed by atoms with Crippen molar-refractivity contribution >= 4 is 23.5 Å². The van der Waals surface area contributed by atoms with Gasteiger partial charge in [-0.25, -0.2) is 0 Å². The van der Waals surface area contributed by atoms with Crippen LogP contribution in [-0.2, 0) is 26.2 Å². The minimum atomic E-state index is -0.453. The van der Waals surface area contributed by atoms with Gasteiger partial charge in [0.15, 0.2) is 6.61 Å². The van der Waals surface area contributed by atoms with Crippen molar-refractivity contribution in [1.29, 1.82) is 0 Å². The highest BCUT2D eigenvalue weighted by Gasteiger charge is 2.13. The Kier molecular flexibility index (Phi) is 8.16. The van der Waals surface area contributed by atoms with Gasteiger partial charge in [0, 0.05) is 24.2 Å². The molecule has 2 amide bonds. The van der Waals surface area contributed by atoms with Gasteiger partial charge in [0.2, 0.25) is 0 Å². The molecule has 0 fully saturated rings. The third kappa shape index (κ3) is 7.35. The summed E-state index contributed by atoms with van der Waals surface area (Å²) in [5, 5.41) is 5.33. The molecule has 160 valence electrons. The summed E-state index contributed by atoms with van der Waals surface area (Å²) in [4.78, 5) is 35.9. The topological polar surface area (TPSA) is 84.5 Å². The van der Waals surface area contributed by atoms with Gasteiger partial charge in [0.25, 0.3) is 11.8 Å². The molecule has 0 unspecified atom stereocenters. The molecule has 0 saturated carbocycles. The number of carbonyl (C=O) groups excluding carboxylic acids is 3. The fourth-order valence-corrected chi connectivity index (χ4v) is 2.83. The lowest BCUT2D eigenvalue weighted by Crippen LogP contribution is -2.23. The van der Waals surface area contributed by atoms with Crippen LogP contribution < -0.4 is 10.6 Å². The molecular formula is C24H30N2O4. The number of ether oxygens (including phenoxy) is 1. The Morgan fingerprint density at radius 1 is 1.00 bits per heavy atom. The highest BCUT2D eigenvalue weighted by atomic mass is 16.5. The second-order valence-electron chi connectivity index (χ2n) is 8.10. The smallest absolute Gasteiger partial charge is 0.306 e. The molecule has 0 atom stereocenters. The van der Waals surface area contributed by atoms with Crippen molar-refractivity contribution in [2.24, 2.45) is 0 Å². The predicted molar refractivity (Wildman–Crippen MR) is 118 cm³/mol. The molecule has 0 aliphatic carbocycles. The summed E-state index contributed by atoms with van der Waals surface area (Å²) in [5.41, 5.74) is 3.29. The first kappa shape index (κ1) is 23.1. The highest BCUT2D eigenvalue weighted by molar-refractivity contribution is 5.97. The molecule has 0 aromatic heterocycles. The van der Waals surface area contributed by atoms with E-state index in [1.165, 1.54) is 5.56 Å². The standard InChI is InChI=1S/C24H30N2O4/c1-5-25-23(29)18-7-6-8-20(15-18)26-21(27)16-30-22(28)14-11-17-9-12-19(13-10-17)24(2,3)4/h6-10,12-13,15H,5,11,14,16H2,1-4H3,(H,25,29)(H,26,27). The Morgan fingerprint density at radius 3 is 2.33 bits per heavy atom. The summed E-state index contributed by atoms with van der Waals surface area (Å²) in [6.07, 6.45) is 0.758. The van der Waals surface area contributed by atoms with E-state index >= 15 is 0 Å². The average Bonchev–Trinajstić information content (AvgIpc) is 2.71. The van der Waals surface area contributed by atoms with Gasteiger partial charge in [0.05, 0.1) is 0 Å². The molecule has 30 heavy (non-hydrogen) atoms. The zero-order valence-electron chi connectivity index (χ0n) is 18.1. The van der Waals surface area contributed by atoms with E-state index in [1.54, 1.807) is 24.3 Å². The second kappa shape index (κ2) is 10.6. The Balaban J connectivity index is 1.77. The predicted octanol–water partition coefficient (Wildman–Crippen LogP) is 3.85. The van der Waals surface area contributed by atoms with Crippen LogP contribution in [-0.4, -0.2) is 30.9 Å². The third-order valence-electron chi connectivity index (χ3n) is 4.55. The summed E-state index contributed by atoms with van der Waals surface area (Å²) in [5.74, 6) is -1.09. The van der Waals surface area contributed by atoms with Crippen molar-refractivity contribution in [2.45, 2.75) is 46.0 Å². The molecule has 6 nitrogen and oxygen atoms in total. The van der Waals surface area contributed by atoms with E-state index in [0.717, 1.165) is 5.56 Å². The monoisotopic (exact) mass is 410 g/mol. The lowest BCUT2D eigenvalue weighted by atomic mass is 9.86. The molecule has 0 spiro atoms. The molecule has 2 aromatic carbocycles. The zero-order valence-corrected chi connectivity index (χ0v) is 18.1. The summed E-state index contributed by atoms with van der Waals surface area (Å²) >= 11 is 0. The van der Waals surface area contributed by atoms with Crippen molar-refractivity contribution in [3.63, 3.8) is 0 Å². The molecule has 6 heteroatoms. The number of esters is 1. The van der Waals surface area contributed by atoms with Gasteiger partial charge < -0.3 is 15.4 Å². The maximum absolute atomic E-state index is 12.0. The van der Waals surface area contributed by atoms with Crippen LogP contribution in [0.25, 0.3) is 0 Å². The minimum Gasteiger partial charge on any atom is -0.456 e. The molecule has 2 N–H and O–H groups in total. The van der Waals surface area contributed by atoms with Crippen LogP contribution in [0.15, 0.2) is 48.5 Å². The van der Waals surface area contributed by atoms with Gasteiger partial charge in [0.1, 0.15) is 0 Å². The van der Waals surface area contributed by atoms with Gasteiger partial charge in [-0.3, -0.25) is 14.4 Å². The molecule has 0 saturated heterocycles. The van der Waals surface area contributed by atoms with E-state index in [-0.39, 0.29) is 24.3 Å². The van der Waals surface area contributed by atoms with E-state index in [0.29, 0.717) is 24.2 Å². The van der Waals surface area contributed by atoms with Crippen LogP contribution in [0.2, 0.25) is 0 Å². The number of anilines is 1. The molecule has 0 aliphatic heterocycles. The Morgan fingerprint density at radius 2 is 1.70 bits per heavy atom. The Labute approximate surface area is 178 Å². The lowest BCUT2D eigenvalue weighted by Gasteiger charge is -2.19. The zero-order chi connectivity index (χ0) is 22.1. The fourth-order valence-electron chi connectivity index (χ4n) is 2.83. The number of benzene rings is 2. The number of carbonyl (C=O) groups is 3. The summed E-state index contributed by atoms with van der Waals surface area (Å²) < 4.78 is 5.06. The molecule has 0 heterocycles. The number of amides is 2. The summed E-state index contributed by atoms with van der Waals surface area (Å²) in [6, 6.07) is 14.8. The second-order valence-corrected chi connectivity index (χ2v) is 8.10. The van der Waals surface area contributed by atoms with E-state index in [2.05, 4.69) is 43.5 Å². The molecule has 2 aromatic rings. The van der Waals surface area contributed by atoms with Gasteiger partial charge in [-0.1, -0.05) is 51.1 Å². The van der Waals surface area contributed by atoms with Crippen molar-refractivity contribution in [2.75, 3.05) is 18.5 Å². The van der Waals surface area contributed by atoms with Crippen LogP contribution in [0.1, 0.15) is 55.6 Å². The Bertz CT molecular complexity index is 883. The number of hydrogen-bond donors (Lipinski definition) is 2. The summed E-state index contributed by atoms with van der Waals surface area (Å²) in [7, 11) is 0. The number of aryl methyl sites for hydroxylation is 1. The highest BCUT2D eigenvalue weighted by Crippen LogP contribution is 2.22. The van der Waals surface area contributed by atoms with Gasteiger partial charge >= 0.3 is 5.97 Å². The van der Waals surface area contributed by atoms with Gasteiger partial charge in [-0.2, -0.15) is 0 Å². The van der Waals surface area contributed by atoms with Crippen molar-refractivity contribution in [1.82, 2.24) is 5.32 Å². The number of hydrogen-bond acceptors (Lipinski definition) is 4. The molecule has 0 aliphatic rings. The third-order valence-corrected chi connectivity index (χ3v) is 4.55. The van der Waals surface area contributed by atoms with Gasteiger partial charge in [-0.05, 0) is 48.1 Å². The Hall–Kier alpha value is -3.15. The minimum absolute atomic E-state index is 0.0874. The molecular weight excluding hydrogens is 380 g/mol. The number of nitrogens with one attached hydrogen (secondary N) is 2. The SMILES string of the molecule is CCNC(=O)c1cccc(NC(=O)COC(=O)CCc2ccc(C(C)(C)C)cc2)c1. The lowest BCUT2D eigenvalue weighted by molar-refractivity contribution is -0.147. The van der Waals surface area contributed by atoms with Crippen LogP contribution in [0.5, 0.6) is 0 Å². The maximum atomic E-state index is 12.0. The first-order valence-electron chi connectivity index (χ1n) is 10.1. The van der Waals surface area contributed by atoms with Crippen LogP contribution >= 0.6 is 0 Å². The average molecular weight is 411 g/mol. The largest absolute Gasteiger partial charge is 0.456 e. The van der Waals surface area contributed by atoms with Crippen LogP contribution in [0.3, 0.4) is 0 Å².